The number of thiocarbonyl (C=S) groups is 1. The lowest BCUT2D eigenvalue weighted by Crippen LogP contribution is -2.36. The normalized spacial score (nSPS) is 22.8. The first-order valence-electron chi connectivity index (χ1n) is 10.6. The van der Waals surface area contributed by atoms with Crippen LogP contribution < -0.4 is 5.32 Å². The largest absolute Gasteiger partial charge is 0.478 e. The lowest BCUT2D eigenvalue weighted by atomic mass is 10.0. The summed E-state index contributed by atoms with van der Waals surface area (Å²) in [6.07, 6.45) is 3.91. The molecule has 0 aliphatic carbocycles. The molecule has 0 radical (unpaired) electrons. The molecule has 0 bridgehead atoms. The van der Waals surface area contributed by atoms with Gasteiger partial charge < -0.3 is 24.5 Å². The zero-order chi connectivity index (χ0) is 22.1. The standard InChI is InChI=1S/C24H23N3O4S/c28-23(29)17-8-2-1-7-16(17)19-10-11-20(31-19)22-21(18-9-3-4-12-25-18)26-24(32)27(22)14-15-6-5-13-30-15/h1-4,7-12,15,21-22H,5-6,13-14H2,(H,26,32)(H,28,29)/t15-,21-,22-/m0/s1. The van der Waals surface area contributed by atoms with Crippen molar-refractivity contribution in [2.24, 2.45) is 0 Å². The minimum atomic E-state index is -0.992. The first-order chi connectivity index (χ1) is 15.6. The summed E-state index contributed by atoms with van der Waals surface area (Å²) >= 11 is 5.70. The number of benzene rings is 1. The number of furan rings is 1. The minimum Gasteiger partial charge on any atom is -0.478 e. The first kappa shape index (κ1) is 20.7. The number of carbonyl (C=O) groups is 1. The zero-order valence-electron chi connectivity index (χ0n) is 17.3. The fourth-order valence-corrected chi connectivity index (χ4v) is 4.77. The number of hydrogen-bond acceptors (Lipinski definition) is 5. The number of carboxylic acid groups (broad SMARTS) is 1. The van der Waals surface area contributed by atoms with Crippen LogP contribution in [-0.4, -0.2) is 45.3 Å². The van der Waals surface area contributed by atoms with E-state index < -0.39 is 5.97 Å². The first-order valence-corrected chi connectivity index (χ1v) is 11.0. The highest BCUT2D eigenvalue weighted by molar-refractivity contribution is 7.80. The van der Waals surface area contributed by atoms with Gasteiger partial charge >= 0.3 is 5.97 Å². The maximum absolute atomic E-state index is 11.7. The van der Waals surface area contributed by atoms with Crippen molar-refractivity contribution in [2.45, 2.75) is 31.0 Å². The van der Waals surface area contributed by atoms with E-state index in [4.69, 9.17) is 21.4 Å². The van der Waals surface area contributed by atoms with E-state index >= 15 is 0 Å². The van der Waals surface area contributed by atoms with E-state index in [0.29, 0.717) is 28.7 Å². The smallest absolute Gasteiger partial charge is 0.336 e. The minimum absolute atomic E-state index is 0.113. The molecule has 0 unspecified atom stereocenters. The monoisotopic (exact) mass is 449 g/mol. The molecule has 2 aromatic heterocycles. The molecule has 5 rings (SSSR count). The molecule has 2 fully saturated rings. The van der Waals surface area contributed by atoms with Crippen LogP contribution in [0.15, 0.2) is 65.2 Å². The predicted molar refractivity (Wildman–Crippen MR) is 122 cm³/mol. The van der Waals surface area contributed by atoms with Crippen molar-refractivity contribution in [3.05, 3.63) is 77.8 Å². The third kappa shape index (κ3) is 3.87. The number of rotatable bonds is 6. The molecular formula is C24H23N3O4S. The van der Waals surface area contributed by atoms with Gasteiger partial charge in [-0.25, -0.2) is 4.79 Å². The summed E-state index contributed by atoms with van der Waals surface area (Å²) in [5.41, 5.74) is 1.60. The number of nitrogens with zero attached hydrogens (tertiary/aromatic N) is 2. The van der Waals surface area contributed by atoms with E-state index in [0.717, 1.165) is 25.1 Å². The molecule has 8 heteroatoms. The van der Waals surface area contributed by atoms with E-state index in [2.05, 4.69) is 15.2 Å². The van der Waals surface area contributed by atoms with Crippen LogP contribution in [0, 0.1) is 0 Å². The summed E-state index contributed by atoms with van der Waals surface area (Å²) in [5.74, 6) is 0.211. The summed E-state index contributed by atoms with van der Waals surface area (Å²) < 4.78 is 12.1. The van der Waals surface area contributed by atoms with Crippen molar-refractivity contribution in [2.75, 3.05) is 13.2 Å². The fraction of sp³-hybridized carbons (Fsp3) is 0.292. The Hall–Kier alpha value is -3.23. The Bertz CT molecular complexity index is 1130. The Morgan fingerprint density at radius 1 is 1.19 bits per heavy atom. The molecule has 0 amide bonds. The van der Waals surface area contributed by atoms with Gasteiger partial charge in [0.25, 0.3) is 0 Å². The Labute approximate surface area is 191 Å². The molecule has 2 saturated heterocycles. The molecule has 2 N–H and O–H groups in total. The Balaban J connectivity index is 1.53. The number of pyridine rings is 1. The van der Waals surface area contributed by atoms with Gasteiger partial charge in [0.05, 0.1) is 23.4 Å². The maximum Gasteiger partial charge on any atom is 0.336 e. The van der Waals surface area contributed by atoms with Crippen LogP contribution in [0.25, 0.3) is 11.3 Å². The number of ether oxygens (including phenoxy) is 1. The molecule has 7 nitrogen and oxygen atoms in total. The van der Waals surface area contributed by atoms with Gasteiger partial charge in [0.1, 0.15) is 17.6 Å². The van der Waals surface area contributed by atoms with E-state index in [1.54, 1.807) is 30.5 Å². The average molecular weight is 450 g/mol. The molecule has 4 heterocycles. The van der Waals surface area contributed by atoms with Gasteiger partial charge in [-0.15, -0.1) is 0 Å². The molecule has 32 heavy (non-hydrogen) atoms. The van der Waals surface area contributed by atoms with Crippen LogP contribution in [0.1, 0.15) is 46.7 Å². The van der Waals surface area contributed by atoms with Gasteiger partial charge in [-0.05, 0) is 55.4 Å². The molecule has 3 aromatic rings. The van der Waals surface area contributed by atoms with Crippen molar-refractivity contribution in [3.63, 3.8) is 0 Å². The van der Waals surface area contributed by atoms with Gasteiger partial charge in [0.2, 0.25) is 0 Å². The van der Waals surface area contributed by atoms with E-state index in [1.807, 2.05) is 30.3 Å². The van der Waals surface area contributed by atoms with Crippen molar-refractivity contribution in [1.82, 2.24) is 15.2 Å². The van der Waals surface area contributed by atoms with E-state index in [1.165, 1.54) is 0 Å². The highest BCUT2D eigenvalue weighted by atomic mass is 32.1. The second-order valence-corrected chi connectivity index (χ2v) is 8.35. The van der Waals surface area contributed by atoms with Crippen molar-refractivity contribution >= 4 is 23.3 Å². The lowest BCUT2D eigenvalue weighted by molar-refractivity contribution is 0.0697. The van der Waals surface area contributed by atoms with Crippen molar-refractivity contribution in [3.8, 4) is 11.3 Å². The van der Waals surface area contributed by atoms with Crippen LogP contribution in [0.5, 0.6) is 0 Å². The summed E-state index contributed by atoms with van der Waals surface area (Å²) in [6, 6.07) is 15.9. The van der Waals surface area contributed by atoms with Crippen LogP contribution in [-0.2, 0) is 4.74 Å². The van der Waals surface area contributed by atoms with Gasteiger partial charge in [-0.2, -0.15) is 0 Å². The lowest BCUT2D eigenvalue weighted by Gasteiger charge is -2.28. The zero-order valence-corrected chi connectivity index (χ0v) is 18.1. The fourth-order valence-electron chi connectivity index (χ4n) is 4.46. The molecule has 3 atom stereocenters. The topological polar surface area (TPSA) is 87.8 Å². The molecular weight excluding hydrogens is 426 g/mol. The Morgan fingerprint density at radius 3 is 2.78 bits per heavy atom. The van der Waals surface area contributed by atoms with Crippen LogP contribution in [0.3, 0.4) is 0 Å². The third-order valence-corrected chi connectivity index (χ3v) is 6.32. The average Bonchev–Trinajstić information content (AvgIpc) is 3.56. The molecule has 2 aliphatic heterocycles. The summed E-state index contributed by atoms with van der Waals surface area (Å²) in [7, 11) is 0. The van der Waals surface area contributed by atoms with Crippen LogP contribution in [0.4, 0.5) is 0 Å². The summed E-state index contributed by atoms with van der Waals surface area (Å²) in [5, 5.41) is 13.6. The third-order valence-electron chi connectivity index (χ3n) is 5.96. The second-order valence-electron chi connectivity index (χ2n) is 7.97. The number of carboxylic acids is 1. The van der Waals surface area contributed by atoms with Gasteiger partial charge in [0, 0.05) is 24.9 Å². The molecule has 164 valence electrons. The highest BCUT2D eigenvalue weighted by Crippen LogP contribution is 2.41. The highest BCUT2D eigenvalue weighted by Gasteiger charge is 2.43. The molecule has 0 spiro atoms. The molecule has 2 aliphatic rings. The molecule has 1 aromatic carbocycles. The van der Waals surface area contributed by atoms with Crippen molar-refractivity contribution in [1.29, 1.82) is 0 Å². The van der Waals surface area contributed by atoms with Crippen LogP contribution in [0.2, 0.25) is 0 Å². The maximum atomic E-state index is 11.7. The number of hydrogen-bond donors (Lipinski definition) is 2. The quantitative estimate of drug-likeness (QED) is 0.542. The number of aromatic carboxylic acids is 1. The van der Waals surface area contributed by atoms with Crippen molar-refractivity contribution < 1.29 is 19.1 Å². The second kappa shape index (κ2) is 8.72. The van der Waals surface area contributed by atoms with Gasteiger partial charge in [-0.3, -0.25) is 4.98 Å². The number of aromatic nitrogens is 1. The Kier molecular flexibility index (Phi) is 5.63. The van der Waals surface area contributed by atoms with Crippen LogP contribution >= 0.6 is 12.2 Å². The Morgan fingerprint density at radius 2 is 2.03 bits per heavy atom. The SMILES string of the molecule is O=C(O)c1ccccc1-c1ccc([C@H]2[C@H](c3ccccn3)NC(=S)N2C[C@@H]2CCCO2)o1. The molecule has 0 saturated carbocycles. The summed E-state index contributed by atoms with van der Waals surface area (Å²) in [6.45, 7) is 1.42. The van der Waals surface area contributed by atoms with E-state index in [-0.39, 0.29) is 23.8 Å². The van der Waals surface area contributed by atoms with Gasteiger partial charge in [-0.1, -0.05) is 24.3 Å². The predicted octanol–water partition coefficient (Wildman–Crippen LogP) is 4.19. The van der Waals surface area contributed by atoms with E-state index in [9.17, 15) is 9.90 Å². The number of nitrogens with one attached hydrogen (secondary N) is 1. The van der Waals surface area contributed by atoms with Gasteiger partial charge in [0.15, 0.2) is 5.11 Å². The summed E-state index contributed by atoms with van der Waals surface area (Å²) in [4.78, 5) is 18.3.